The van der Waals surface area contributed by atoms with Gasteiger partial charge in [-0.2, -0.15) is 4.98 Å². The van der Waals surface area contributed by atoms with Gasteiger partial charge in [0.1, 0.15) is 5.02 Å². The van der Waals surface area contributed by atoms with Crippen molar-refractivity contribution in [2.24, 2.45) is 0 Å². The highest BCUT2D eigenvalue weighted by atomic mass is 35.5. The molecule has 0 saturated carbocycles. The van der Waals surface area contributed by atoms with Gasteiger partial charge in [-0.3, -0.25) is 0 Å². The first-order valence-corrected chi connectivity index (χ1v) is 5.65. The van der Waals surface area contributed by atoms with Crippen molar-refractivity contribution in [3.63, 3.8) is 0 Å². The third-order valence-corrected chi connectivity index (χ3v) is 2.55. The maximum absolute atomic E-state index is 5.92. The summed E-state index contributed by atoms with van der Waals surface area (Å²) in [6.45, 7) is 0. The zero-order valence-corrected chi connectivity index (χ0v) is 10.9. The van der Waals surface area contributed by atoms with Crippen molar-refractivity contribution in [3.05, 3.63) is 34.4 Å². The van der Waals surface area contributed by atoms with Gasteiger partial charge in [-0.1, -0.05) is 23.2 Å². The number of hydrogen-bond acceptors (Lipinski definition) is 5. The van der Waals surface area contributed by atoms with Crippen LogP contribution in [0.2, 0.25) is 10.0 Å². The Hall–Kier alpha value is -1.72. The number of rotatable bonds is 3. The summed E-state index contributed by atoms with van der Waals surface area (Å²) in [6.07, 6.45) is 1.38. The molecule has 0 fully saturated rings. The summed E-state index contributed by atoms with van der Waals surface area (Å²) >= 11 is 11.8. The molecular formula is C11H9Cl2N3O2. The molecule has 94 valence electrons. The van der Waals surface area contributed by atoms with Crippen LogP contribution in [0.15, 0.2) is 24.4 Å². The van der Waals surface area contributed by atoms with Crippen LogP contribution < -0.4 is 15.2 Å². The quantitative estimate of drug-likeness (QED) is 0.877. The van der Waals surface area contributed by atoms with Crippen molar-refractivity contribution >= 4 is 28.9 Å². The molecule has 5 nitrogen and oxygen atoms in total. The van der Waals surface area contributed by atoms with Crippen LogP contribution in [0.4, 0.5) is 5.69 Å². The summed E-state index contributed by atoms with van der Waals surface area (Å²) in [6, 6.07) is 5.01. The first kappa shape index (κ1) is 12.7. The molecule has 2 aromatic rings. The number of nitrogens with two attached hydrogens (primary N) is 1. The van der Waals surface area contributed by atoms with Crippen LogP contribution in [0.3, 0.4) is 0 Å². The Morgan fingerprint density at radius 2 is 2.06 bits per heavy atom. The van der Waals surface area contributed by atoms with Crippen LogP contribution in [-0.4, -0.2) is 17.1 Å². The van der Waals surface area contributed by atoms with Gasteiger partial charge in [-0.25, -0.2) is 4.98 Å². The Morgan fingerprint density at radius 3 is 2.78 bits per heavy atom. The minimum absolute atomic E-state index is 0.148. The zero-order chi connectivity index (χ0) is 13.1. The molecule has 1 aromatic heterocycles. The maximum atomic E-state index is 5.92. The van der Waals surface area contributed by atoms with Crippen LogP contribution in [0.25, 0.3) is 0 Å². The number of hydrogen-bond donors (Lipinski definition) is 1. The second-order valence-electron chi connectivity index (χ2n) is 3.29. The summed E-state index contributed by atoms with van der Waals surface area (Å²) in [5.74, 6) is 0.516. The van der Waals surface area contributed by atoms with Gasteiger partial charge < -0.3 is 15.2 Å². The average molecular weight is 286 g/mol. The van der Waals surface area contributed by atoms with E-state index in [1.165, 1.54) is 13.3 Å². The van der Waals surface area contributed by atoms with Crippen LogP contribution in [0, 0.1) is 0 Å². The van der Waals surface area contributed by atoms with Gasteiger partial charge in [0, 0.05) is 11.1 Å². The molecule has 0 aliphatic rings. The Balaban J connectivity index is 2.36. The normalized spacial score (nSPS) is 10.2. The summed E-state index contributed by atoms with van der Waals surface area (Å²) in [4.78, 5) is 7.81. The highest BCUT2D eigenvalue weighted by Crippen LogP contribution is 2.33. The lowest BCUT2D eigenvalue weighted by Crippen LogP contribution is -1.97. The van der Waals surface area contributed by atoms with Crippen molar-refractivity contribution in [2.45, 2.75) is 0 Å². The fraction of sp³-hybridized carbons (Fsp3) is 0.0909. The molecule has 0 aliphatic heterocycles. The first-order valence-electron chi connectivity index (χ1n) is 4.89. The second-order valence-corrected chi connectivity index (χ2v) is 4.14. The molecule has 0 aliphatic carbocycles. The molecule has 0 bridgehead atoms. The number of halogens is 2. The Bertz CT molecular complexity index is 578. The number of nitrogens with zero attached hydrogens (tertiary/aromatic N) is 2. The SMILES string of the molecule is COc1ncc(Cl)c(Oc2cc(Cl)ccc2N)n1. The van der Waals surface area contributed by atoms with Gasteiger partial charge in [-0.05, 0) is 12.1 Å². The lowest BCUT2D eigenvalue weighted by Gasteiger charge is -2.09. The van der Waals surface area contributed by atoms with Crippen LogP contribution in [-0.2, 0) is 0 Å². The summed E-state index contributed by atoms with van der Waals surface area (Å²) in [5, 5.41) is 0.742. The first-order chi connectivity index (χ1) is 8.60. The van der Waals surface area contributed by atoms with Crippen molar-refractivity contribution < 1.29 is 9.47 Å². The molecular weight excluding hydrogens is 277 g/mol. The zero-order valence-electron chi connectivity index (χ0n) is 9.35. The minimum atomic E-state index is 0.148. The topological polar surface area (TPSA) is 70.3 Å². The van der Waals surface area contributed by atoms with E-state index < -0.39 is 0 Å². The number of ether oxygens (including phenoxy) is 2. The largest absolute Gasteiger partial charge is 0.467 e. The van der Waals surface area contributed by atoms with E-state index in [0.29, 0.717) is 16.5 Å². The molecule has 1 heterocycles. The molecule has 0 unspecified atom stereocenters. The van der Waals surface area contributed by atoms with Crippen LogP contribution in [0.1, 0.15) is 0 Å². The molecule has 0 radical (unpaired) electrons. The van der Waals surface area contributed by atoms with Crippen molar-refractivity contribution in [2.75, 3.05) is 12.8 Å². The Morgan fingerprint density at radius 1 is 1.28 bits per heavy atom. The van der Waals surface area contributed by atoms with Crippen molar-refractivity contribution in [3.8, 4) is 17.6 Å². The van der Waals surface area contributed by atoms with Gasteiger partial charge in [-0.15, -0.1) is 0 Å². The van der Waals surface area contributed by atoms with Gasteiger partial charge in [0.2, 0.25) is 5.88 Å². The lowest BCUT2D eigenvalue weighted by molar-refractivity contribution is 0.366. The predicted octanol–water partition coefficient (Wildman–Crippen LogP) is 3.17. The number of anilines is 1. The van der Waals surface area contributed by atoms with E-state index in [0.717, 1.165) is 0 Å². The molecule has 1 aromatic carbocycles. The summed E-state index contributed by atoms with van der Waals surface area (Å²) in [7, 11) is 1.45. The molecule has 7 heteroatoms. The molecule has 2 N–H and O–H groups in total. The lowest BCUT2D eigenvalue weighted by atomic mass is 10.3. The third kappa shape index (κ3) is 2.75. The third-order valence-electron chi connectivity index (χ3n) is 2.05. The number of methoxy groups -OCH3 is 1. The summed E-state index contributed by atoms with van der Waals surface area (Å²) < 4.78 is 10.4. The van der Waals surface area contributed by atoms with E-state index in [1.807, 2.05) is 0 Å². The Kier molecular flexibility index (Phi) is 3.74. The molecule has 2 rings (SSSR count). The average Bonchev–Trinajstić information content (AvgIpc) is 2.36. The van der Waals surface area contributed by atoms with E-state index >= 15 is 0 Å². The summed E-state index contributed by atoms with van der Waals surface area (Å²) in [5.41, 5.74) is 6.18. The maximum Gasteiger partial charge on any atom is 0.319 e. The van der Waals surface area contributed by atoms with Gasteiger partial charge in [0.15, 0.2) is 5.75 Å². The van der Waals surface area contributed by atoms with Crippen molar-refractivity contribution in [1.29, 1.82) is 0 Å². The molecule has 0 spiro atoms. The van der Waals surface area contributed by atoms with Crippen molar-refractivity contribution in [1.82, 2.24) is 9.97 Å². The van der Waals surface area contributed by atoms with Gasteiger partial charge >= 0.3 is 6.01 Å². The van der Waals surface area contributed by atoms with Gasteiger partial charge in [0.25, 0.3) is 0 Å². The fourth-order valence-electron chi connectivity index (χ4n) is 1.21. The fourth-order valence-corrected chi connectivity index (χ4v) is 1.50. The van der Waals surface area contributed by atoms with E-state index in [2.05, 4.69) is 9.97 Å². The minimum Gasteiger partial charge on any atom is -0.467 e. The smallest absolute Gasteiger partial charge is 0.319 e. The standard InChI is InChI=1S/C11H9Cl2N3O2/c1-17-11-15-5-7(13)10(16-11)18-9-4-6(12)2-3-8(9)14/h2-5H,14H2,1H3. The predicted molar refractivity (Wildman–Crippen MR) is 69.5 cm³/mol. The van der Waals surface area contributed by atoms with Crippen LogP contribution >= 0.6 is 23.2 Å². The van der Waals surface area contributed by atoms with E-state index in [9.17, 15) is 0 Å². The monoisotopic (exact) mass is 285 g/mol. The second kappa shape index (κ2) is 5.29. The number of nitrogen functional groups attached to an aromatic ring is 1. The van der Waals surface area contributed by atoms with E-state index in [1.54, 1.807) is 18.2 Å². The van der Waals surface area contributed by atoms with E-state index in [-0.39, 0.29) is 16.9 Å². The van der Waals surface area contributed by atoms with E-state index in [4.69, 9.17) is 38.4 Å². The highest BCUT2D eigenvalue weighted by Gasteiger charge is 2.10. The molecule has 18 heavy (non-hydrogen) atoms. The Labute approximate surface area is 113 Å². The molecule has 0 saturated heterocycles. The van der Waals surface area contributed by atoms with Crippen LogP contribution in [0.5, 0.6) is 17.6 Å². The highest BCUT2D eigenvalue weighted by molar-refractivity contribution is 6.31. The number of aromatic nitrogens is 2. The molecule has 0 atom stereocenters. The molecule has 0 amide bonds. The number of benzene rings is 1. The van der Waals surface area contributed by atoms with Gasteiger partial charge in [0.05, 0.1) is 19.0 Å².